The minimum Gasteiger partial charge on any atom is -0.384 e. The number of nitrogens with zero attached hydrogens (tertiary/aromatic N) is 1. The van der Waals surface area contributed by atoms with E-state index in [-0.39, 0.29) is 23.2 Å². The minimum absolute atomic E-state index is 0.0996. The third-order valence-corrected chi connectivity index (χ3v) is 6.62. The van der Waals surface area contributed by atoms with Crippen LogP contribution in [0.5, 0.6) is 0 Å². The summed E-state index contributed by atoms with van der Waals surface area (Å²) in [5.74, 6) is -0.930. The normalized spacial score (nSPS) is 14.1. The van der Waals surface area contributed by atoms with Crippen molar-refractivity contribution in [1.29, 1.82) is 0 Å². The molecular formula is C19H19BrFNO4S. The van der Waals surface area contributed by atoms with E-state index in [2.05, 4.69) is 15.9 Å². The number of carbonyl (C=O) groups is 1. The average Bonchev–Trinajstić information content (AvgIpc) is 2.65. The maximum atomic E-state index is 14.5. The van der Waals surface area contributed by atoms with Gasteiger partial charge < -0.3 is 9.64 Å². The lowest BCUT2D eigenvalue weighted by atomic mass is 10.0. The van der Waals surface area contributed by atoms with Crippen LogP contribution in [-0.4, -0.2) is 40.3 Å². The minimum atomic E-state index is -3.47. The Bertz CT molecular complexity index is 960. The molecule has 0 aliphatic carbocycles. The van der Waals surface area contributed by atoms with Crippen molar-refractivity contribution in [2.24, 2.45) is 0 Å². The molecule has 2 aromatic carbocycles. The Morgan fingerprint density at radius 3 is 2.63 bits per heavy atom. The molecule has 2 aromatic rings. The second kappa shape index (κ2) is 8.08. The van der Waals surface area contributed by atoms with Crippen LogP contribution in [0.15, 0.2) is 45.8 Å². The Morgan fingerprint density at radius 2 is 1.96 bits per heavy atom. The van der Waals surface area contributed by atoms with Crippen molar-refractivity contribution < 1.29 is 22.3 Å². The van der Waals surface area contributed by atoms with E-state index in [9.17, 15) is 17.6 Å². The quantitative estimate of drug-likeness (QED) is 0.690. The monoisotopic (exact) mass is 455 g/mol. The van der Waals surface area contributed by atoms with Gasteiger partial charge in [-0.15, -0.1) is 0 Å². The van der Waals surface area contributed by atoms with Crippen LogP contribution >= 0.6 is 15.9 Å². The Balaban J connectivity index is 1.88. The molecule has 0 saturated carbocycles. The second-order valence-electron chi connectivity index (χ2n) is 6.29. The third kappa shape index (κ3) is 4.23. The number of carbonyl (C=O) groups excluding carboxylic acids is 1. The summed E-state index contributed by atoms with van der Waals surface area (Å²) < 4.78 is 44.3. The topological polar surface area (TPSA) is 63.7 Å². The first-order valence-corrected chi connectivity index (χ1v) is 10.9. The van der Waals surface area contributed by atoms with Crippen molar-refractivity contribution in [3.8, 4) is 0 Å². The van der Waals surface area contributed by atoms with Gasteiger partial charge in [-0.3, -0.25) is 4.79 Å². The van der Waals surface area contributed by atoms with E-state index in [0.717, 1.165) is 12.0 Å². The number of anilines is 1. The first kappa shape index (κ1) is 20.0. The van der Waals surface area contributed by atoms with Crippen LogP contribution in [0, 0.1) is 5.82 Å². The molecule has 0 bridgehead atoms. The van der Waals surface area contributed by atoms with E-state index in [1.54, 1.807) is 0 Å². The number of rotatable bonds is 5. The van der Waals surface area contributed by atoms with Gasteiger partial charge in [0.1, 0.15) is 5.82 Å². The summed E-state index contributed by atoms with van der Waals surface area (Å²) in [5.41, 5.74) is 1.39. The zero-order chi connectivity index (χ0) is 19.6. The van der Waals surface area contributed by atoms with Crippen molar-refractivity contribution in [2.45, 2.75) is 17.7 Å². The molecule has 0 spiro atoms. The number of aryl methyl sites for hydroxylation is 1. The maximum absolute atomic E-state index is 14.5. The summed E-state index contributed by atoms with van der Waals surface area (Å²) in [6.07, 6.45) is 1.43. The molecule has 1 aliphatic heterocycles. The molecule has 0 N–H and O–H groups in total. The van der Waals surface area contributed by atoms with Crippen molar-refractivity contribution in [3.05, 3.63) is 57.8 Å². The molecule has 5 nitrogen and oxygen atoms in total. The first-order valence-electron chi connectivity index (χ1n) is 8.45. The summed E-state index contributed by atoms with van der Waals surface area (Å²) >= 11 is 3.28. The molecule has 0 fully saturated rings. The number of halogens is 2. The molecule has 0 aromatic heterocycles. The third-order valence-electron chi connectivity index (χ3n) is 4.47. The molecule has 0 atom stereocenters. The maximum Gasteiger partial charge on any atom is 0.258 e. The first-order chi connectivity index (χ1) is 12.8. The van der Waals surface area contributed by atoms with E-state index in [1.165, 1.54) is 42.3 Å². The summed E-state index contributed by atoms with van der Waals surface area (Å²) in [7, 11) is -2.03. The highest BCUT2D eigenvalue weighted by Crippen LogP contribution is 2.34. The number of hydrogen-bond donors (Lipinski definition) is 0. The predicted octanol–water partition coefficient (Wildman–Crippen LogP) is 3.60. The van der Waals surface area contributed by atoms with E-state index in [4.69, 9.17) is 4.74 Å². The summed E-state index contributed by atoms with van der Waals surface area (Å²) in [5, 5.41) is 0. The summed E-state index contributed by atoms with van der Waals surface area (Å²) in [4.78, 5) is 14.5. The van der Waals surface area contributed by atoms with Gasteiger partial charge in [-0.05, 0) is 54.8 Å². The summed E-state index contributed by atoms with van der Waals surface area (Å²) in [6.45, 7) is 0.515. The fourth-order valence-electron chi connectivity index (χ4n) is 3.13. The van der Waals surface area contributed by atoms with Gasteiger partial charge in [-0.25, -0.2) is 12.8 Å². The number of fused-ring (bicyclic) bond motifs is 1. The van der Waals surface area contributed by atoms with Gasteiger partial charge >= 0.3 is 0 Å². The van der Waals surface area contributed by atoms with Crippen LogP contribution in [-0.2, 0) is 21.0 Å². The number of hydrogen-bond acceptors (Lipinski definition) is 4. The molecule has 0 saturated heterocycles. The van der Waals surface area contributed by atoms with E-state index < -0.39 is 15.7 Å². The molecule has 0 unspecified atom stereocenters. The van der Waals surface area contributed by atoms with Gasteiger partial charge in [0.25, 0.3) is 5.91 Å². The van der Waals surface area contributed by atoms with Crippen molar-refractivity contribution >= 4 is 37.4 Å². The molecule has 1 aliphatic rings. The fourth-order valence-corrected chi connectivity index (χ4v) is 4.78. The highest BCUT2D eigenvalue weighted by atomic mass is 79.9. The largest absolute Gasteiger partial charge is 0.384 e. The molecule has 8 heteroatoms. The number of benzene rings is 2. The van der Waals surface area contributed by atoms with E-state index in [0.29, 0.717) is 28.7 Å². The molecule has 144 valence electrons. The molecule has 27 heavy (non-hydrogen) atoms. The highest BCUT2D eigenvalue weighted by Gasteiger charge is 2.27. The SMILES string of the molecule is COCCS(=O)(=O)c1ccc(C(=O)N2CCCc3cc(Br)cc(F)c32)cc1. The Labute approximate surface area is 166 Å². The van der Waals surface area contributed by atoms with Gasteiger partial charge in [0.05, 0.1) is 22.9 Å². The van der Waals surface area contributed by atoms with Crippen LogP contribution in [0.1, 0.15) is 22.3 Å². The second-order valence-corrected chi connectivity index (χ2v) is 9.32. The van der Waals surface area contributed by atoms with Gasteiger partial charge in [0.15, 0.2) is 9.84 Å². The van der Waals surface area contributed by atoms with Crippen LogP contribution in [0.25, 0.3) is 0 Å². The molecule has 1 heterocycles. The van der Waals surface area contributed by atoms with E-state index >= 15 is 0 Å². The number of sulfone groups is 1. The van der Waals surface area contributed by atoms with Crippen LogP contribution in [0.2, 0.25) is 0 Å². The summed E-state index contributed by atoms with van der Waals surface area (Å²) in [6, 6.07) is 8.90. The smallest absolute Gasteiger partial charge is 0.258 e. The van der Waals surface area contributed by atoms with Gasteiger partial charge in [0.2, 0.25) is 0 Å². The number of methoxy groups -OCH3 is 1. The average molecular weight is 456 g/mol. The molecular weight excluding hydrogens is 437 g/mol. The standard InChI is InChI=1S/C19H19BrFNO4S/c1-26-9-10-27(24,25)16-6-4-13(5-7-16)19(23)22-8-2-3-14-11-15(20)12-17(21)18(14)22/h4-7,11-12H,2-3,8-10H2,1H3. The lowest BCUT2D eigenvalue weighted by molar-refractivity contribution is 0.0984. The zero-order valence-corrected chi connectivity index (χ0v) is 17.1. The van der Waals surface area contributed by atoms with Crippen molar-refractivity contribution in [2.75, 3.05) is 30.9 Å². The lowest BCUT2D eigenvalue weighted by Gasteiger charge is -2.30. The van der Waals surface area contributed by atoms with Crippen LogP contribution < -0.4 is 4.90 Å². The van der Waals surface area contributed by atoms with Gasteiger partial charge in [-0.1, -0.05) is 15.9 Å². The zero-order valence-electron chi connectivity index (χ0n) is 14.7. The van der Waals surface area contributed by atoms with Crippen LogP contribution in [0.3, 0.4) is 0 Å². The van der Waals surface area contributed by atoms with Crippen LogP contribution in [0.4, 0.5) is 10.1 Å². The van der Waals surface area contributed by atoms with E-state index in [1.807, 2.05) is 6.07 Å². The Hall–Kier alpha value is -1.77. The Kier molecular flexibility index (Phi) is 5.98. The lowest BCUT2D eigenvalue weighted by Crippen LogP contribution is -2.36. The van der Waals surface area contributed by atoms with Crippen molar-refractivity contribution in [3.63, 3.8) is 0 Å². The Morgan fingerprint density at radius 1 is 1.26 bits per heavy atom. The highest BCUT2D eigenvalue weighted by molar-refractivity contribution is 9.10. The number of amides is 1. The molecule has 1 amide bonds. The van der Waals surface area contributed by atoms with Gasteiger partial charge in [0, 0.05) is 23.7 Å². The molecule has 0 radical (unpaired) electrons. The van der Waals surface area contributed by atoms with Crippen molar-refractivity contribution in [1.82, 2.24) is 0 Å². The fraction of sp³-hybridized carbons (Fsp3) is 0.316. The number of ether oxygens (including phenoxy) is 1. The predicted molar refractivity (Wildman–Crippen MR) is 104 cm³/mol. The van der Waals surface area contributed by atoms with Gasteiger partial charge in [-0.2, -0.15) is 0 Å². The molecule has 3 rings (SSSR count).